The predicted octanol–water partition coefficient (Wildman–Crippen LogP) is 3.13. The first-order chi connectivity index (χ1) is 14.0. The van der Waals surface area contributed by atoms with Gasteiger partial charge in [-0.15, -0.1) is 13.2 Å². The molecule has 0 bridgehead atoms. The first-order valence-electron chi connectivity index (χ1n) is 8.16. The van der Waals surface area contributed by atoms with E-state index >= 15 is 0 Å². The number of ether oxygens (including phenoxy) is 1. The van der Waals surface area contributed by atoms with Crippen molar-refractivity contribution in [2.75, 3.05) is 0 Å². The summed E-state index contributed by atoms with van der Waals surface area (Å²) in [6.45, 7) is 0. The molecule has 3 aromatic rings. The highest BCUT2D eigenvalue weighted by Crippen LogP contribution is 2.32. The maximum Gasteiger partial charge on any atom is 0.573 e. The van der Waals surface area contributed by atoms with Gasteiger partial charge < -0.3 is 20.7 Å². The van der Waals surface area contributed by atoms with Crippen molar-refractivity contribution in [1.82, 2.24) is 0 Å². The van der Waals surface area contributed by atoms with Gasteiger partial charge in [-0.25, -0.2) is 0 Å². The highest BCUT2D eigenvalue weighted by Gasteiger charge is 2.31. The normalized spacial score (nSPS) is 12.5. The lowest BCUT2D eigenvalue weighted by Gasteiger charge is -2.10. The number of nitrogens with two attached hydrogens (primary N) is 1. The molecule has 1 aromatic heterocycles. The van der Waals surface area contributed by atoms with Gasteiger partial charge in [0.25, 0.3) is 0 Å². The van der Waals surface area contributed by atoms with Gasteiger partial charge in [0.2, 0.25) is 5.43 Å². The van der Waals surface area contributed by atoms with Crippen LogP contribution < -0.4 is 15.9 Å². The number of carbonyl (C=O) groups is 2. The van der Waals surface area contributed by atoms with Crippen LogP contribution in [0.1, 0.15) is 10.4 Å². The zero-order chi connectivity index (χ0) is 22.2. The van der Waals surface area contributed by atoms with Crippen molar-refractivity contribution in [1.29, 1.82) is 0 Å². The molecule has 1 atom stereocenters. The molecule has 0 aliphatic rings. The van der Waals surface area contributed by atoms with Crippen LogP contribution >= 0.6 is 11.3 Å². The second-order valence-electron chi connectivity index (χ2n) is 6.07. The first kappa shape index (κ1) is 21.3. The molecule has 2 aromatic carbocycles. The average Bonchev–Trinajstić information content (AvgIpc) is 2.66. The Labute approximate surface area is 169 Å². The minimum Gasteiger partial charge on any atom is -0.499 e. The standard InChI is InChI=1S/C19H12F3NO6S/c20-19(21,22)29-10-4-1-8(2-5-10)9-3-6-12-11(7-9)15(24)13(18(28)30-12)16(25)14(23)17(26)27/h1-7,14,28H,23H2,(H,26,27). The Balaban J connectivity index is 2.06. The summed E-state index contributed by atoms with van der Waals surface area (Å²) in [5, 5.41) is 18.3. The number of aromatic hydroxyl groups is 1. The van der Waals surface area contributed by atoms with Crippen molar-refractivity contribution in [3.8, 4) is 21.9 Å². The Bertz CT molecular complexity index is 1200. The van der Waals surface area contributed by atoms with Crippen LogP contribution in [0.25, 0.3) is 21.2 Å². The van der Waals surface area contributed by atoms with E-state index in [1.165, 1.54) is 24.3 Å². The lowest BCUT2D eigenvalue weighted by atomic mass is 10.0. The van der Waals surface area contributed by atoms with Crippen LogP contribution in [0.2, 0.25) is 0 Å². The molecule has 3 rings (SSSR count). The number of fused-ring (bicyclic) bond motifs is 1. The molecule has 30 heavy (non-hydrogen) atoms. The molecule has 7 nitrogen and oxygen atoms in total. The molecule has 0 aliphatic carbocycles. The molecule has 0 amide bonds. The largest absolute Gasteiger partial charge is 0.573 e. The number of halogens is 3. The van der Waals surface area contributed by atoms with Gasteiger partial charge in [-0.1, -0.05) is 29.5 Å². The number of hydrogen-bond acceptors (Lipinski definition) is 7. The third kappa shape index (κ3) is 4.26. The van der Waals surface area contributed by atoms with E-state index in [0.717, 1.165) is 12.1 Å². The van der Waals surface area contributed by atoms with Gasteiger partial charge in [-0.3, -0.25) is 14.4 Å². The second kappa shape index (κ2) is 7.76. The molecule has 156 valence electrons. The fourth-order valence-corrected chi connectivity index (χ4v) is 3.60. The summed E-state index contributed by atoms with van der Waals surface area (Å²) in [4.78, 5) is 35.9. The monoisotopic (exact) mass is 439 g/mol. The maximum atomic E-state index is 12.7. The Morgan fingerprint density at radius 2 is 1.67 bits per heavy atom. The number of Topliss-reactive ketones (excluding diaryl/α,β-unsaturated/α-hetero) is 1. The number of ketones is 1. The summed E-state index contributed by atoms with van der Waals surface area (Å²) in [5.74, 6) is -3.31. The van der Waals surface area contributed by atoms with Crippen molar-refractivity contribution >= 4 is 33.2 Å². The predicted molar refractivity (Wildman–Crippen MR) is 102 cm³/mol. The molecular weight excluding hydrogens is 427 g/mol. The smallest absolute Gasteiger partial charge is 0.499 e. The van der Waals surface area contributed by atoms with E-state index in [4.69, 9.17) is 10.8 Å². The number of rotatable bonds is 5. The van der Waals surface area contributed by atoms with Gasteiger partial charge in [0.05, 0.1) is 0 Å². The average molecular weight is 439 g/mol. The lowest BCUT2D eigenvalue weighted by molar-refractivity contribution is -0.274. The van der Waals surface area contributed by atoms with Crippen LogP contribution in [0.5, 0.6) is 10.8 Å². The number of carbonyl (C=O) groups excluding carboxylic acids is 1. The van der Waals surface area contributed by atoms with E-state index in [2.05, 4.69) is 4.74 Å². The van der Waals surface area contributed by atoms with Crippen LogP contribution in [-0.2, 0) is 4.79 Å². The van der Waals surface area contributed by atoms with Crippen molar-refractivity contribution in [2.24, 2.45) is 5.73 Å². The first-order valence-corrected chi connectivity index (χ1v) is 8.98. The molecule has 0 aliphatic heterocycles. The fraction of sp³-hybridized carbons (Fsp3) is 0.105. The number of carboxylic acid groups (broad SMARTS) is 1. The molecular formula is C19H12F3NO6S. The molecule has 0 fully saturated rings. The molecule has 1 heterocycles. The second-order valence-corrected chi connectivity index (χ2v) is 7.11. The van der Waals surface area contributed by atoms with Gasteiger partial charge in [-0.05, 0) is 35.4 Å². The van der Waals surface area contributed by atoms with Crippen molar-refractivity contribution in [2.45, 2.75) is 12.4 Å². The molecule has 4 N–H and O–H groups in total. The van der Waals surface area contributed by atoms with Crippen LogP contribution in [0.15, 0.2) is 47.3 Å². The van der Waals surface area contributed by atoms with Crippen molar-refractivity contribution in [3.63, 3.8) is 0 Å². The summed E-state index contributed by atoms with van der Waals surface area (Å²) < 4.78 is 41.0. The lowest BCUT2D eigenvalue weighted by Crippen LogP contribution is -2.40. The number of hydrogen-bond donors (Lipinski definition) is 3. The summed E-state index contributed by atoms with van der Waals surface area (Å²) >= 11 is 0.694. The number of benzene rings is 2. The number of aliphatic carboxylic acids is 1. The van der Waals surface area contributed by atoms with E-state index in [-0.39, 0.29) is 5.39 Å². The van der Waals surface area contributed by atoms with Crippen LogP contribution in [0.3, 0.4) is 0 Å². The molecule has 1 unspecified atom stereocenters. The van der Waals surface area contributed by atoms with Crippen LogP contribution in [0.4, 0.5) is 13.2 Å². The van der Waals surface area contributed by atoms with Gasteiger partial charge in [0, 0.05) is 10.1 Å². The molecule has 0 spiro atoms. The zero-order valence-corrected chi connectivity index (χ0v) is 15.6. The number of carboxylic acids is 1. The van der Waals surface area contributed by atoms with E-state index in [9.17, 15) is 32.7 Å². The van der Waals surface area contributed by atoms with E-state index < -0.39 is 46.0 Å². The Morgan fingerprint density at radius 3 is 2.23 bits per heavy atom. The summed E-state index contributed by atoms with van der Waals surface area (Å²) in [6.07, 6.45) is -4.83. The highest BCUT2D eigenvalue weighted by atomic mass is 32.1. The molecule has 0 saturated heterocycles. The highest BCUT2D eigenvalue weighted by molar-refractivity contribution is 7.20. The van der Waals surface area contributed by atoms with Gasteiger partial charge >= 0.3 is 12.3 Å². The molecule has 0 radical (unpaired) electrons. The van der Waals surface area contributed by atoms with Crippen molar-refractivity contribution in [3.05, 3.63) is 58.3 Å². The van der Waals surface area contributed by atoms with E-state index in [1.54, 1.807) is 6.07 Å². The minimum absolute atomic E-state index is 0.0202. The fourth-order valence-electron chi connectivity index (χ4n) is 2.70. The Kier molecular flexibility index (Phi) is 5.51. The van der Waals surface area contributed by atoms with Gasteiger partial charge in [0.15, 0.2) is 16.9 Å². The zero-order valence-electron chi connectivity index (χ0n) is 14.8. The quantitative estimate of drug-likeness (QED) is 0.412. The van der Waals surface area contributed by atoms with Gasteiger partial charge in [0.1, 0.15) is 11.3 Å². The van der Waals surface area contributed by atoms with E-state index in [1.807, 2.05) is 0 Å². The summed E-state index contributed by atoms with van der Waals surface area (Å²) in [5.41, 5.74) is 4.54. The third-order valence-corrected chi connectivity index (χ3v) is 5.06. The summed E-state index contributed by atoms with van der Waals surface area (Å²) in [6, 6.07) is 7.33. The minimum atomic E-state index is -4.83. The van der Waals surface area contributed by atoms with Crippen LogP contribution in [-0.4, -0.2) is 34.4 Å². The number of alkyl halides is 3. The van der Waals surface area contributed by atoms with Crippen molar-refractivity contribution < 1.29 is 37.7 Å². The third-order valence-electron chi connectivity index (χ3n) is 4.09. The van der Waals surface area contributed by atoms with Gasteiger partial charge in [-0.2, -0.15) is 0 Å². The molecule has 11 heteroatoms. The molecule has 0 saturated carbocycles. The van der Waals surface area contributed by atoms with Crippen LogP contribution in [0, 0.1) is 0 Å². The topological polar surface area (TPSA) is 127 Å². The van der Waals surface area contributed by atoms with E-state index in [0.29, 0.717) is 27.2 Å². The maximum absolute atomic E-state index is 12.7. The Hall–Kier alpha value is -3.44. The Morgan fingerprint density at radius 1 is 1.07 bits per heavy atom. The summed E-state index contributed by atoms with van der Waals surface area (Å²) in [7, 11) is 0. The SMILES string of the molecule is NC(C(=O)O)C(=O)c1c(O)sc2ccc(-c3ccc(OC(F)(F)F)cc3)cc2c1=O.